The minimum absolute atomic E-state index is 1.25. The molecule has 26 heavy (non-hydrogen) atoms. The molecule has 124 valence electrons. The van der Waals surface area contributed by atoms with Crippen molar-refractivity contribution in [2.24, 2.45) is 0 Å². The van der Waals surface area contributed by atoms with E-state index < -0.39 is 0 Å². The Balaban J connectivity index is 1.70. The fraction of sp³-hybridized carbons (Fsp3) is 0. The summed E-state index contributed by atoms with van der Waals surface area (Å²) in [6.07, 6.45) is 0. The van der Waals surface area contributed by atoms with Crippen molar-refractivity contribution in [2.75, 3.05) is 0 Å². The second kappa shape index (κ2) is 6.29. The number of para-hydroxylation sites is 2. The lowest BCUT2D eigenvalue weighted by Gasteiger charge is -2.08. The van der Waals surface area contributed by atoms with E-state index in [0.717, 1.165) is 0 Å². The zero-order valence-electron chi connectivity index (χ0n) is 14.1. The highest BCUT2D eigenvalue weighted by Gasteiger charge is 2.13. The van der Waals surface area contributed by atoms with Crippen molar-refractivity contribution in [2.45, 2.75) is 0 Å². The highest BCUT2D eigenvalue weighted by Crippen LogP contribution is 2.37. The molecule has 5 rings (SSSR count). The van der Waals surface area contributed by atoms with E-state index >= 15 is 0 Å². The summed E-state index contributed by atoms with van der Waals surface area (Å²) >= 11 is 2.42. The second-order valence-corrected chi connectivity index (χ2v) is 7.41. The number of hydrogen-bond donors (Lipinski definition) is 0. The molecule has 0 atom stereocenters. The topological polar surface area (TPSA) is 4.93 Å². The first-order valence-electron chi connectivity index (χ1n) is 8.67. The van der Waals surface area contributed by atoms with Gasteiger partial charge in [0.2, 0.25) is 0 Å². The van der Waals surface area contributed by atoms with Gasteiger partial charge in [0, 0.05) is 16.3 Å². The predicted octanol–water partition coefficient (Wildman–Crippen LogP) is 7.33. The van der Waals surface area contributed by atoms with E-state index in [4.69, 9.17) is 0 Å². The lowest BCUT2D eigenvalue weighted by atomic mass is 9.99. The largest absolute Gasteiger partial charge is 0.281 e. The van der Waals surface area contributed by atoms with Crippen LogP contribution in [-0.4, -0.2) is 2.78 Å². The van der Waals surface area contributed by atoms with Crippen LogP contribution in [0.3, 0.4) is 0 Å². The molecular formula is C24H16IN. The molecule has 0 amide bonds. The molecular weight excluding hydrogens is 429 g/mol. The molecule has 1 aromatic heterocycles. The molecule has 0 saturated heterocycles. The quantitative estimate of drug-likeness (QED) is 0.251. The Morgan fingerprint density at radius 1 is 0.500 bits per heavy atom. The maximum atomic E-state index is 2.42. The molecule has 0 saturated carbocycles. The normalized spacial score (nSPS) is 11.3. The van der Waals surface area contributed by atoms with E-state index in [2.05, 4.69) is 123 Å². The van der Waals surface area contributed by atoms with Crippen LogP contribution in [0, 0.1) is 0 Å². The van der Waals surface area contributed by atoms with E-state index in [-0.39, 0.29) is 0 Å². The minimum Gasteiger partial charge on any atom is -0.281 e. The molecule has 5 aromatic rings. The van der Waals surface area contributed by atoms with Crippen molar-refractivity contribution in [3.05, 3.63) is 97.1 Å². The third-order valence-electron chi connectivity index (χ3n) is 4.94. The van der Waals surface area contributed by atoms with Gasteiger partial charge in [-0.1, -0.05) is 91.0 Å². The van der Waals surface area contributed by atoms with Crippen molar-refractivity contribution in [1.29, 1.82) is 0 Å². The van der Waals surface area contributed by atoms with Gasteiger partial charge in [-0.05, 0) is 22.8 Å². The van der Waals surface area contributed by atoms with Gasteiger partial charge in [-0.25, -0.2) is 0 Å². The minimum atomic E-state index is 1.25. The summed E-state index contributed by atoms with van der Waals surface area (Å²) in [6, 6.07) is 34.6. The number of rotatable bonds is 2. The summed E-state index contributed by atoms with van der Waals surface area (Å²) in [5.74, 6) is 0. The second-order valence-electron chi connectivity index (χ2n) is 6.44. The molecule has 0 spiro atoms. The Kier molecular flexibility index (Phi) is 3.79. The van der Waals surface area contributed by atoms with Crippen LogP contribution in [0.1, 0.15) is 0 Å². The van der Waals surface area contributed by atoms with Crippen LogP contribution >= 0.6 is 22.9 Å². The molecule has 0 N–H and O–H groups in total. The summed E-state index contributed by atoms with van der Waals surface area (Å²) in [7, 11) is 0. The number of nitrogens with zero attached hydrogens (tertiary/aromatic N) is 1. The fourth-order valence-corrected chi connectivity index (χ4v) is 4.61. The molecule has 0 aliphatic carbocycles. The summed E-state index contributed by atoms with van der Waals surface area (Å²) in [4.78, 5) is 0. The van der Waals surface area contributed by atoms with E-state index in [1.807, 2.05) is 0 Å². The summed E-state index contributed by atoms with van der Waals surface area (Å²) in [5, 5.41) is 2.61. The predicted molar refractivity (Wildman–Crippen MR) is 120 cm³/mol. The average Bonchev–Trinajstić information content (AvgIpc) is 3.02. The Hall–Kier alpha value is -2.59. The number of fused-ring (bicyclic) bond motifs is 3. The smallest absolute Gasteiger partial charge is 0.0668 e. The lowest BCUT2D eigenvalue weighted by Crippen LogP contribution is -1.85. The van der Waals surface area contributed by atoms with Crippen LogP contribution in [-0.2, 0) is 0 Å². The molecule has 0 aliphatic heterocycles. The van der Waals surface area contributed by atoms with Gasteiger partial charge in [0.1, 0.15) is 0 Å². The first-order valence-corrected chi connectivity index (χ1v) is 9.63. The molecule has 1 nitrogen and oxygen atoms in total. The van der Waals surface area contributed by atoms with Crippen molar-refractivity contribution < 1.29 is 0 Å². The summed E-state index contributed by atoms with van der Waals surface area (Å²) < 4.78 is 2.28. The molecule has 0 radical (unpaired) electrons. The van der Waals surface area contributed by atoms with Crippen molar-refractivity contribution in [3.63, 3.8) is 0 Å². The average molecular weight is 445 g/mol. The molecule has 0 unspecified atom stereocenters. The lowest BCUT2D eigenvalue weighted by molar-refractivity contribution is 1.49. The summed E-state index contributed by atoms with van der Waals surface area (Å²) in [5.41, 5.74) is 7.55. The van der Waals surface area contributed by atoms with Gasteiger partial charge < -0.3 is 0 Å². The Bertz CT molecular complexity index is 1220. The number of benzene rings is 4. The van der Waals surface area contributed by atoms with E-state index in [1.54, 1.807) is 0 Å². The Morgan fingerprint density at radius 2 is 1.12 bits per heavy atom. The van der Waals surface area contributed by atoms with Gasteiger partial charge in [0.15, 0.2) is 0 Å². The van der Waals surface area contributed by atoms with Crippen molar-refractivity contribution >= 4 is 44.7 Å². The van der Waals surface area contributed by atoms with Crippen LogP contribution in [0.2, 0.25) is 0 Å². The van der Waals surface area contributed by atoms with Gasteiger partial charge >= 0.3 is 0 Å². The molecule has 0 aliphatic rings. The number of halogens is 1. The standard InChI is InChI=1S/C24H16IN/c25-26-23-12-5-4-9-21(23)22-11-6-10-20(24(22)26)19-15-13-18(14-16-19)17-7-2-1-3-8-17/h1-16H. The third-order valence-corrected chi connectivity index (χ3v) is 5.94. The maximum absolute atomic E-state index is 2.42. The molecule has 0 fully saturated rings. The van der Waals surface area contributed by atoms with Gasteiger partial charge in [0.05, 0.1) is 33.9 Å². The Morgan fingerprint density at radius 3 is 1.92 bits per heavy atom. The molecule has 2 heteroatoms. The van der Waals surface area contributed by atoms with Crippen LogP contribution in [0.4, 0.5) is 0 Å². The van der Waals surface area contributed by atoms with E-state index in [1.165, 1.54) is 44.1 Å². The van der Waals surface area contributed by atoms with Crippen LogP contribution in [0.25, 0.3) is 44.1 Å². The highest BCUT2D eigenvalue weighted by molar-refractivity contribution is 14.1. The highest BCUT2D eigenvalue weighted by atomic mass is 127. The first kappa shape index (κ1) is 15.6. The zero-order chi connectivity index (χ0) is 17.5. The van der Waals surface area contributed by atoms with E-state index in [9.17, 15) is 0 Å². The van der Waals surface area contributed by atoms with Gasteiger partial charge in [0.25, 0.3) is 0 Å². The van der Waals surface area contributed by atoms with Gasteiger partial charge in [-0.15, -0.1) is 0 Å². The van der Waals surface area contributed by atoms with Crippen molar-refractivity contribution in [3.8, 4) is 22.3 Å². The SMILES string of the molecule is In1c2ccccc2c2cccc(-c3ccc(-c4ccccc4)cc3)c21. The van der Waals surface area contributed by atoms with Crippen LogP contribution < -0.4 is 0 Å². The van der Waals surface area contributed by atoms with Crippen molar-refractivity contribution in [1.82, 2.24) is 2.78 Å². The monoisotopic (exact) mass is 445 g/mol. The first-order chi connectivity index (χ1) is 12.8. The number of aromatic nitrogens is 1. The van der Waals surface area contributed by atoms with Gasteiger partial charge in [-0.2, -0.15) is 0 Å². The van der Waals surface area contributed by atoms with Crippen LogP contribution in [0.15, 0.2) is 97.1 Å². The van der Waals surface area contributed by atoms with Crippen LogP contribution in [0.5, 0.6) is 0 Å². The fourth-order valence-electron chi connectivity index (χ4n) is 3.67. The maximum Gasteiger partial charge on any atom is 0.0668 e. The third kappa shape index (κ3) is 2.44. The van der Waals surface area contributed by atoms with E-state index in [0.29, 0.717) is 0 Å². The zero-order valence-corrected chi connectivity index (χ0v) is 16.2. The molecule has 0 bridgehead atoms. The Labute approximate surface area is 166 Å². The number of hydrogen-bond acceptors (Lipinski definition) is 0. The molecule has 4 aromatic carbocycles. The van der Waals surface area contributed by atoms with Gasteiger partial charge in [-0.3, -0.25) is 2.78 Å². The molecule has 1 heterocycles. The summed E-state index contributed by atoms with van der Waals surface area (Å²) in [6.45, 7) is 0.